The smallest absolute Gasteiger partial charge is 0.462 e. The molecule has 660 valence electrons. The van der Waals surface area contributed by atoms with Crippen LogP contribution in [0.25, 0.3) is 0 Å². The molecule has 2 unspecified atom stereocenters. The molecule has 0 saturated heterocycles. The highest BCUT2D eigenvalue weighted by Crippen LogP contribution is 2.44. The van der Waals surface area contributed by atoms with Crippen molar-refractivity contribution < 1.29 is 80.0 Å². The molecule has 6 atom stereocenters. The minimum Gasteiger partial charge on any atom is -0.462 e. The van der Waals surface area contributed by atoms with Crippen molar-refractivity contribution in [1.29, 1.82) is 0 Å². The zero-order chi connectivity index (χ0) is 82.7. The molecule has 6 N–H and O–H groups in total. The lowest BCUT2D eigenvalue weighted by Gasteiger charge is -2.29. The number of nitrogens with zero attached hydrogens (tertiary/aromatic N) is 2. The summed E-state index contributed by atoms with van der Waals surface area (Å²) in [6.45, 7) is 13.8. The first-order valence-corrected chi connectivity index (χ1v) is 48.9. The largest absolute Gasteiger partial charge is 0.472 e. The molecule has 0 saturated carbocycles. The molecule has 0 bridgehead atoms. The first kappa shape index (κ1) is 108. The molecular formula is C87H170N6O17P2. The topological polar surface area (TPSA) is 304 Å². The van der Waals surface area contributed by atoms with Crippen LogP contribution in [0.1, 0.15) is 428 Å². The van der Waals surface area contributed by atoms with Gasteiger partial charge < -0.3 is 50.3 Å². The van der Waals surface area contributed by atoms with Crippen LogP contribution in [0.5, 0.6) is 0 Å². The molecule has 112 heavy (non-hydrogen) atoms. The standard InChI is InChI=1S/C87H170N6O17P2/c1-9-15-21-27-31-35-37-41-43-49-55-61-83(96)90-79(73-92(77(7)94)69-65-81(59-53-47-25-19-13-5)109-85(98)63-57-51-45-39-33-29-23-17-11-3)75-107-111(101,102)105-71-67-88-87(100)89-68-72-106-112(103,104)108-76-80(91-84(97)62-56-50-44-42-38-36-32-28-22-16-10-2)74-93(78(8)95)70-66-82(60-54-48-26-20-14-6)110-86(99)64-58-52-46-40-34-30-24-18-12-4/h79-82H,9-76H2,1-8H3,(H,90,96)(H,91,97)(H,101,102)(H,103,104)(H2,88,89,100)/t79-,80-,81-,82-/m1/s1. The lowest BCUT2D eigenvalue weighted by Crippen LogP contribution is -2.48. The number of hydrogen-bond acceptors (Lipinski definition) is 15. The second-order valence-corrected chi connectivity index (χ2v) is 34.7. The molecule has 0 heterocycles. The first-order chi connectivity index (χ1) is 54.1. The highest BCUT2D eigenvalue weighted by molar-refractivity contribution is 7.47. The summed E-state index contributed by atoms with van der Waals surface area (Å²) in [4.78, 5) is 118. The fourth-order valence-corrected chi connectivity index (χ4v) is 15.5. The van der Waals surface area contributed by atoms with Crippen LogP contribution in [-0.4, -0.2) is 151 Å². The average Bonchev–Trinajstić information content (AvgIpc) is 0.876. The Morgan fingerprint density at radius 2 is 0.562 bits per heavy atom. The van der Waals surface area contributed by atoms with E-state index in [2.05, 4.69) is 62.8 Å². The number of carbonyl (C=O) groups is 7. The van der Waals surface area contributed by atoms with E-state index in [-0.39, 0.29) is 87.7 Å². The van der Waals surface area contributed by atoms with Crippen LogP contribution in [0, 0.1) is 0 Å². The van der Waals surface area contributed by atoms with Crippen LogP contribution in [0.3, 0.4) is 0 Å². The number of unbranched alkanes of at least 4 members (excludes halogenated alkanes) is 44. The van der Waals surface area contributed by atoms with Gasteiger partial charge in [0.05, 0.1) is 38.5 Å². The summed E-state index contributed by atoms with van der Waals surface area (Å²) >= 11 is 0. The summed E-state index contributed by atoms with van der Waals surface area (Å²) in [5.74, 6) is -1.67. The molecule has 0 aromatic carbocycles. The van der Waals surface area contributed by atoms with E-state index in [1.807, 2.05) is 0 Å². The van der Waals surface area contributed by atoms with Crippen molar-refractivity contribution in [3.05, 3.63) is 0 Å². The molecule has 0 rings (SSSR count). The molecule has 0 aliphatic carbocycles. The SMILES string of the molecule is CCCCCCCCCCCCCC(=O)N[C@@H](COP(=O)(O)OCCNC(=O)NCCOP(=O)(O)OC[C@@H](CN(CC[C@@H](CCCCCCC)OC(=O)CCCCCCCCCCC)C(C)=O)NC(=O)CCCCCCCCCCCCC)CN(CC[C@@H](CCCCCCC)OC(=O)CCCCCCCCCCC)C(C)=O. The van der Waals surface area contributed by atoms with E-state index in [0.717, 1.165) is 167 Å². The summed E-state index contributed by atoms with van der Waals surface area (Å²) in [5, 5.41) is 10.9. The Morgan fingerprint density at radius 3 is 0.821 bits per heavy atom. The highest BCUT2D eigenvalue weighted by atomic mass is 31.2. The normalized spacial score (nSPS) is 13.7. The van der Waals surface area contributed by atoms with Crippen LogP contribution < -0.4 is 21.3 Å². The van der Waals surface area contributed by atoms with Gasteiger partial charge >= 0.3 is 33.6 Å². The maximum Gasteiger partial charge on any atom is 0.472 e. The molecular weight excluding hydrogens is 1460 g/mol. The van der Waals surface area contributed by atoms with Crippen LogP contribution in [-0.2, 0) is 65.5 Å². The van der Waals surface area contributed by atoms with Gasteiger partial charge in [0.1, 0.15) is 12.2 Å². The molecule has 0 spiro atoms. The third-order valence-corrected chi connectivity index (χ3v) is 22.9. The van der Waals surface area contributed by atoms with Crippen molar-refractivity contribution >= 4 is 57.2 Å². The second kappa shape index (κ2) is 77.2. The Kier molecular flexibility index (Phi) is 74.7. The number of rotatable bonds is 84. The van der Waals surface area contributed by atoms with E-state index in [1.165, 1.54) is 165 Å². The zero-order valence-electron chi connectivity index (χ0n) is 72.7. The molecule has 0 radical (unpaired) electrons. The lowest BCUT2D eigenvalue weighted by molar-refractivity contribution is -0.151. The van der Waals surface area contributed by atoms with Crippen LogP contribution in [0.15, 0.2) is 0 Å². The van der Waals surface area contributed by atoms with Crippen molar-refractivity contribution in [3.63, 3.8) is 0 Å². The number of amides is 6. The first-order valence-electron chi connectivity index (χ1n) is 45.9. The van der Waals surface area contributed by atoms with Gasteiger partial charge in [0.2, 0.25) is 23.6 Å². The molecule has 0 aromatic rings. The Labute approximate surface area is 682 Å². The number of urea groups is 1. The Morgan fingerprint density at radius 1 is 0.321 bits per heavy atom. The number of carbonyl (C=O) groups excluding carboxylic acids is 7. The second-order valence-electron chi connectivity index (χ2n) is 31.8. The minimum absolute atomic E-state index is 0.0578. The van der Waals surface area contributed by atoms with Gasteiger partial charge in [-0.25, -0.2) is 13.9 Å². The summed E-state index contributed by atoms with van der Waals surface area (Å²) in [6.07, 6.45) is 57.6. The van der Waals surface area contributed by atoms with Crippen molar-refractivity contribution in [3.8, 4) is 0 Å². The van der Waals surface area contributed by atoms with Crippen LogP contribution >= 0.6 is 15.6 Å². The van der Waals surface area contributed by atoms with Gasteiger partial charge in [-0.2, -0.15) is 0 Å². The summed E-state index contributed by atoms with van der Waals surface area (Å²) < 4.78 is 60.3. The molecule has 23 nitrogen and oxygen atoms in total. The molecule has 25 heteroatoms. The van der Waals surface area contributed by atoms with Crippen molar-refractivity contribution in [2.75, 3.05) is 65.7 Å². The van der Waals surface area contributed by atoms with Crippen molar-refractivity contribution in [1.82, 2.24) is 31.1 Å². The van der Waals surface area contributed by atoms with Gasteiger partial charge in [0.15, 0.2) is 0 Å². The van der Waals surface area contributed by atoms with Crippen LogP contribution in [0.4, 0.5) is 4.79 Å². The monoisotopic (exact) mass is 1630 g/mol. The number of phosphoric ester groups is 2. The zero-order valence-corrected chi connectivity index (χ0v) is 74.5. The average molecular weight is 1630 g/mol. The quantitative estimate of drug-likeness (QED) is 0.0187. The number of ether oxygens (including phenoxy) is 2. The number of nitrogens with one attached hydrogen (secondary N) is 4. The fraction of sp³-hybridized carbons (Fsp3) is 0.920. The maximum absolute atomic E-state index is 13.5. The lowest BCUT2D eigenvalue weighted by atomic mass is 10.0. The maximum atomic E-state index is 13.5. The number of esters is 2. The van der Waals surface area contributed by atoms with E-state index in [4.69, 9.17) is 27.6 Å². The van der Waals surface area contributed by atoms with E-state index < -0.39 is 72.4 Å². The van der Waals surface area contributed by atoms with Gasteiger partial charge in [0, 0.05) is 91.6 Å². The third-order valence-electron chi connectivity index (χ3n) is 20.9. The third kappa shape index (κ3) is 71.6. The Hall–Kier alpha value is -3.69. The van der Waals surface area contributed by atoms with E-state index in [0.29, 0.717) is 51.4 Å². The fourth-order valence-electron chi connectivity index (χ4n) is 13.9. The summed E-state index contributed by atoms with van der Waals surface area (Å²) in [7, 11) is -9.63. The Bertz CT molecular complexity index is 2230. The van der Waals surface area contributed by atoms with Gasteiger partial charge in [-0.3, -0.25) is 46.9 Å². The predicted molar refractivity (Wildman–Crippen MR) is 455 cm³/mol. The predicted octanol–water partition coefficient (Wildman–Crippen LogP) is 21.8. The molecule has 0 aliphatic heterocycles. The van der Waals surface area contributed by atoms with E-state index >= 15 is 0 Å². The summed E-state index contributed by atoms with van der Waals surface area (Å²) in [5.41, 5.74) is 0. The molecule has 6 amide bonds. The van der Waals surface area contributed by atoms with Gasteiger partial charge in [-0.1, -0.05) is 324 Å². The number of phosphoric acid groups is 2. The number of hydrogen-bond donors (Lipinski definition) is 6. The van der Waals surface area contributed by atoms with Crippen molar-refractivity contribution in [2.24, 2.45) is 0 Å². The highest BCUT2D eigenvalue weighted by Gasteiger charge is 2.30. The Balaban J connectivity index is 5.96. The van der Waals surface area contributed by atoms with E-state index in [9.17, 15) is 52.5 Å². The van der Waals surface area contributed by atoms with Gasteiger partial charge in [-0.05, 0) is 51.4 Å². The van der Waals surface area contributed by atoms with Gasteiger partial charge in [-0.15, -0.1) is 0 Å². The van der Waals surface area contributed by atoms with Crippen molar-refractivity contribution in [2.45, 2.75) is 452 Å². The minimum atomic E-state index is -4.81. The molecule has 0 aromatic heterocycles. The molecule has 0 aliphatic rings. The van der Waals surface area contributed by atoms with E-state index in [1.54, 1.807) is 0 Å². The molecule has 0 fully saturated rings. The summed E-state index contributed by atoms with van der Waals surface area (Å²) in [6, 6.07) is -2.60. The van der Waals surface area contributed by atoms with Gasteiger partial charge in [0.25, 0.3) is 0 Å². The van der Waals surface area contributed by atoms with Crippen LogP contribution in [0.2, 0.25) is 0 Å².